The fraction of sp³-hybridized carbons (Fsp3) is 0.231. The number of benzene rings is 3. The summed E-state index contributed by atoms with van der Waals surface area (Å²) in [7, 11) is 0. The highest BCUT2D eigenvalue weighted by molar-refractivity contribution is 6.31. The monoisotopic (exact) mass is 463 g/mol. The van der Waals surface area contributed by atoms with Crippen molar-refractivity contribution in [2.75, 3.05) is 5.32 Å². The lowest BCUT2D eigenvalue weighted by Gasteiger charge is -2.18. The van der Waals surface area contributed by atoms with Crippen LogP contribution in [0.15, 0.2) is 67.0 Å². The summed E-state index contributed by atoms with van der Waals surface area (Å²) in [6.45, 7) is 0.444. The van der Waals surface area contributed by atoms with Crippen LogP contribution in [0.1, 0.15) is 31.2 Å². The van der Waals surface area contributed by atoms with E-state index in [2.05, 4.69) is 15.3 Å². The molecule has 0 spiro atoms. The van der Waals surface area contributed by atoms with Crippen molar-refractivity contribution >= 4 is 34.0 Å². The Morgan fingerprint density at radius 2 is 1.82 bits per heavy atom. The van der Waals surface area contributed by atoms with Crippen LogP contribution in [0.2, 0.25) is 5.02 Å². The van der Waals surface area contributed by atoms with E-state index >= 15 is 0 Å². The first-order valence-corrected chi connectivity index (χ1v) is 11.4. The Labute approximate surface area is 196 Å². The van der Waals surface area contributed by atoms with E-state index in [-0.39, 0.29) is 11.1 Å². The highest BCUT2D eigenvalue weighted by atomic mass is 35.5. The lowest BCUT2D eigenvalue weighted by atomic mass is 10.1. The van der Waals surface area contributed by atoms with Crippen molar-refractivity contribution in [1.29, 1.82) is 0 Å². The number of hydrogen-bond acceptors (Lipinski definition) is 5. The fourth-order valence-corrected chi connectivity index (χ4v) is 4.22. The maximum Gasteiger partial charge on any atom is 0.145 e. The molecule has 0 atom stereocenters. The van der Waals surface area contributed by atoms with Crippen LogP contribution in [0.4, 0.5) is 15.9 Å². The third kappa shape index (κ3) is 5.01. The minimum atomic E-state index is -0.472. The van der Waals surface area contributed by atoms with Crippen LogP contribution in [0, 0.1) is 5.82 Å². The van der Waals surface area contributed by atoms with Crippen LogP contribution in [0.25, 0.3) is 10.9 Å². The molecule has 1 fully saturated rings. The number of fused-ring (bicyclic) bond motifs is 1. The molecule has 0 unspecified atom stereocenters. The Kier molecular flexibility index (Phi) is 6.26. The maximum absolute atomic E-state index is 13.6. The average Bonchev–Trinajstić information content (AvgIpc) is 3.34. The molecule has 7 heteroatoms. The molecular formula is C26H23ClFN3O2. The zero-order valence-corrected chi connectivity index (χ0v) is 18.7. The van der Waals surface area contributed by atoms with E-state index in [4.69, 9.17) is 21.1 Å². The summed E-state index contributed by atoms with van der Waals surface area (Å²) in [5.41, 5.74) is 2.39. The number of hydrogen-bond donors (Lipinski definition) is 1. The lowest BCUT2D eigenvalue weighted by Crippen LogP contribution is -2.12. The van der Waals surface area contributed by atoms with Crippen molar-refractivity contribution < 1.29 is 13.9 Å². The first-order valence-electron chi connectivity index (χ1n) is 11.0. The second kappa shape index (κ2) is 9.63. The number of nitrogens with zero attached hydrogens (tertiary/aromatic N) is 2. The summed E-state index contributed by atoms with van der Waals surface area (Å²) in [6, 6.07) is 18.2. The van der Waals surface area contributed by atoms with Crippen molar-refractivity contribution in [1.82, 2.24) is 9.97 Å². The van der Waals surface area contributed by atoms with Gasteiger partial charge in [0.1, 0.15) is 36.1 Å². The van der Waals surface area contributed by atoms with Gasteiger partial charge in [0.25, 0.3) is 0 Å². The molecule has 33 heavy (non-hydrogen) atoms. The Morgan fingerprint density at radius 3 is 2.61 bits per heavy atom. The molecule has 1 aliphatic rings. The van der Waals surface area contributed by atoms with Crippen LogP contribution in [0.5, 0.6) is 11.5 Å². The smallest absolute Gasteiger partial charge is 0.145 e. The zero-order valence-electron chi connectivity index (χ0n) is 17.9. The fourth-order valence-electron chi connectivity index (χ4n) is 4.04. The van der Waals surface area contributed by atoms with Crippen LogP contribution < -0.4 is 14.8 Å². The summed E-state index contributed by atoms with van der Waals surface area (Å²) in [5, 5.41) is 4.02. The Bertz CT molecular complexity index is 1260. The molecule has 0 aliphatic heterocycles. The first kappa shape index (κ1) is 21.5. The van der Waals surface area contributed by atoms with Gasteiger partial charge in [-0.3, -0.25) is 0 Å². The van der Waals surface area contributed by atoms with Crippen molar-refractivity contribution in [3.05, 3.63) is 83.4 Å². The summed E-state index contributed by atoms with van der Waals surface area (Å²) < 4.78 is 26.1. The molecule has 0 saturated heterocycles. The summed E-state index contributed by atoms with van der Waals surface area (Å²) in [6.07, 6.45) is 5.97. The van der Waals surface area contributed by atoms with E-state index in [9.17, 15) is 4.39 Å². The van der Waals surface area contributed by atoms with Gasteiger partial charge in [-0.15, -0.1) is 0 Å². The second-order valence-corrected chi connectivity index (χ2v) is 8.50. The van der Waals surface area contributed by atoms with Gasteiger partial charge in [0.05, 0.1) is 22.0 Å². The Hall–Kier alpha value is -3.38. The number of ether oxygens (including phenoxy) is 2. The van der Waals surface area contributed by atoms with Crippen molar-refractivity contribution in [3.63, 3.8) is 0 Å². The number of aromatic nitrogens is 2. The molecule has 1 aromatic heterocycles. The standard InChI is InChI=1S/C26H23ClFN3O2/c27-21-12-18(10-11-22(21)28)31-26-25-23(29-16-30-26)13-20(32-15-17-6-2-1-3-7-17)14-24(25)33-19-8-4-5-9-19/h1-3,6-7,10-14,16,19H,4-5,8-9,15H2,(H,29,30,31). The highest BCUT2D eigenvalue weighted by Crippen LogP contribution is 2.38. The number of anilines is 2. The van der Waals surface area contributed by atoms with Crippen LogP contribution in [-0.2, 0) is 6.61 Å². The second-order valence-electron chi connectivity index (χ2n) is 8.09. The summed E-state index contributed by atoms with van der Waals surface area (Å²) >= 11 is 5.96. The van der Waals surface area contributed by atoms with Gasteiger partial charge in [-0.2, -0.15) is 0 Å². The van der Waals surface area contributed by atoms with Gasteiger partial charge in [-0.1, -0.05) is 41.9 Å². The lowest BCUT2D eigenvalue weighted by molar-refractivity contribution is 0.211. The van der Waals surface area contributed by atoms with Crippen LogP contribution >= 0.6 is 11.6 Å². The molecular weight excluding hydrogens is 441 g/mol. The van der Waals surface area contributed by atoms with Gasteiger partial charge < -0.3 is 14.8 Å². The van der Waals surface area contributed by atoms with Crippen LogP contribution in [0.3, 0.4) is 0 Å². The molecule has 4 aromatic rings. The molecule has 1 saturated carbocycles. The van der Waals surface area contributed by atoms with Gasteiger partial charge in [0, 0.05) is 17.8 Å². The van der Waals surface area contributed by atoms with Gasteiger partial charge in [0.15, 0.2) is 0 Å². The van der Waals surface area contributed by atoms with Gasteiger partial charge in [-0.25, -0.2) is 14.4 Å². The Morgan fingerprint density at radius 1 is 1.00 bits per heavy atom. The predicted octanol–water partition coefficient (Wildman–Crippen LogP) is 7.07. The molecule has 1 aliphatic carbocycles. The van der Waals surface area contributed by atoms with E-state index in [1.54, 1.807) is 6.07 Å². The SMILES string of the molecule is Fc1ccc(Nc2ncnc3cc(OCc4ccccc4)cc(OC4CCCC4)c23)cc1Cl. The molecule has 5 nitrogen and oxygen atoms in total. The molecule has 1 heterocycles. The normalized spacial score (nSPS) is 13.9. The van der Waals surface area contributed by atoms with Gasteiger partial charge in [0.2, 0.25) is 0 Å². The molecule has 1 N–H and O–H groups in total. The average molecular weight is 464 g/mol. The molecule has 5 rings (SSSR count). The first-order chi connectivity index (χ1) is 16.2. The summed E-state index contributed by atoms with van der Waals surface area (Å²) in [4.78, 5) is 8.90. The van der Waals surface area contributed by atoms with E-state index in [0.29, 0.717) is 35.1 Å². The molecule has 0 radical (unpaired) electrons. The summed E-state index contributed by atoms with van der Waals surface area (Å²) in [5.74, 6) is 1.43. The van der Waals surface area contributed by atoms with E-state index in [1.807, 2.05) is 42.5 Å². The van der Waals surface area contributed by atoms with Crippen molar-refractivity contribution in [2.45, 2.75) is 38.4 Å². The third-order valence-corrected chi connectivity index (χ3v) is 5.99. The van der Waals surface area contributed by atoms with Gasteiger partial charge >= 0.3 is 0 Å². The molecule has 3 aromatic carbocycles. The van der Waals surface area contributed by atoms with Crippen LogP contribution in [-0.4, -0.2) is 16.1 Å². The number of rotatable bonds is 7. The Balaban J connectivity index is 1.51. The highest BCUT2D eigenvalue weighted by Gasteiger charge is 2.21. The number of nitrogens with one attached hydrogen (secondary N) is 1. The quantitative estimate of drug-likeness (QED) is 0.317. The maximum atomic E-state index is 13.6. The topological polar surface area (TPSA) is 56.3 Å². The number of halogens is 2. The molecule has 0 bridgehead atoms. The molecule has 168 valence electrons. The van der Waals surface area contributed by atoms with E-state index in [1.165, 1.54) is 18.5 Å². The zero-order chi connectivity index (χ0) is 22.6. The minimum Gasteiger partial charge on any atom is -0.489 e. The van der Waals surface area contributed by atoms with Crippen molar-refractivity contribution in [2.24, 2.45) is 0 Å². The molecule has 0 amide bonds. The minimum absolute atomic E-state index is 0.0392. The predicted molar refractivity (Wildman–Crippen MR) is 128 cm³/mol. The van der Waals surface area contributed by atoms with Crippen molar-refractivity contribution in [3.8, 4) is 11.5 Å². The van der Waals surface area contributed by atoms with E-state index in [0.717, 1.165) is 36.6 Å². The van der Waals surface area contributed by atoms with E-state index < -0.39 is 5.82 Å². The largest absolute Gasteiger partial charge is 0.489 e. The van der Waals surface area contributed by atoms with Gasteiger partial charge in [-0.05, 0) is 49.4 Å². The third-order valence-electron chi connectivity index (χ3n) is 5.70.